The van der Waals surface area contributed by atoms with Gasteiger partial charge in [0.2, 0.25) is 0 Å². The van der Waals surface area contributed by atoms with Gasteiger partial charge in [-0.3, -0.25) is 4.79 Å². The highest BCUT2D eigenvalue weighted by Crippen LogP contribution is 2.31. The average molecular weight is 349 g/mol. The zero-order valence-electron chi connectivity index (χ0n) is 14.0. The summed E-state index contributed by atoms with van der Waals surface area (Å²) < 4.78 is 15.1. The molecule has 0 aliphatic rings. The van der Waals surface area contributed by atoms with Gasteiger partial charge in [-0.05, 0) is 30.7 Å². The third-order valence-corrected chi connectivity index (χ3v) is 4.60. The van der Waals surface area contributed by atoms with Crippen molar-refractivity contribution in [2.45, 2.75) is 13.3 Å². The summed E-state index contributed by atoms with van der Waals surface area (Å²) in [5, 5.41) is 3.24. The molecule has 0 atom stereocenters. The third-order valence-electron chi connectivity index (χ3n) is 3.41. The Kier molecular flexibility index (Phi) is 5.81. The molecule has 0 bridgehead atoms. The van der Waals surface area contributed by atoms with Gasteiger partial charge in [-0.2, -0.15) is 0 Å². The Morgan fingerprint density at radius 3 is 2.38 bits per heavy atom. The van der Waals surface area contributed by atoms with Gasteiger partial charge in [-0.25, -0.2) is 4.79 Å². The number of benzene rings is 1. The van der Waals surface area contributed by atoms with Gasteiger partial charge in [0.05, 0.1) is 26.9 Å². The predicted octanol–water partition coefficient (Wildman–Crippen LogP) is 3.37. The number of nitrogens with one attached hydrogen (secondary N) is 1. The lowest BCUT2D eigenvalue weighted by Gasteiger charge is -2.10. The molecule has 1 heterocycles. The van der Waals surface area contributed by atoms with Gasteiger partial charge in [0.1, 0.15) is 5.00 Å². The molecule has 0 saturated heterocycles. The minimum atomic E-state index is -0.478. The van der Waals surface area contributed by atoms with Crippen LogP contribution in [0.1, 0.15) is 32.5 Å². The summed E-state index contributed by atoms with van der Waals surface area (Å²) in [6, 6.07) is 6.60. The number of carbonyl (C=O) groups is 2. The van der Waals surface area contributed by atoms with E-state index in [1.807, 2.05) is 6.92 Å². The lowest BCUT2D eigenvalue weighted by molar-refractivity contribution is 0.0602. The number of anilines is 1. The standard InChI is InChI=1S/C17H19NO5S/c1-5-11-9-12(17(20)23-4)16(24-11)18-15(19)10-6-7-13(21-2)14(8-10)22-3/h6-9H,5H2,1-4H3,(H,18,19). The summed E-state index contributed by atoms with van der Waals surface area (Å²) in [7, 11) is 4.34. The minimum Gasteiger partial charge on any atom is -0.493 e. The van der Waals surface area contributed by atoms with Crippen LogP contribution in [-0.2, 0) is 11.2 Å². The van der Waals surface area contributed by atoms with Crippen molar-refractivity contribution in [1.82, 2.24) is 0 Å². The molecule has 1 aromatic heterocycles. The first-order valence-electron chi connectivity index (χ1n) is 7.28. The first kappa shape index (κ1) is 17.8. The Morgan fingerprint density at radius 2 is 1.79 bits per heavy atom. The van der Waals surface area contributed by atoms with Crippen LogP contribution in [0.2, 0.25) is 0 Å². The molecule has 0 spiro atoms. The maximum absolute atomic E-state index is 12.5. The Morgan fingerprint density at radius 1 is 1.08 bits per heavy atom. The molecular formula is C17H19NO5S. The van der Waals surface area contributed by atoms with Crippen LogP contribution in [0, 0.1) is 0 Å². The van der Waals surface area contributed by atoms with E-state index in [0.717, 1.165) is 11.3 Å². The number of esters is 1. The van der Waals surface area contributed by atoms with E-state index in [1.165, 1.54) is 32.7 Å². The molecule has 2 aromatic rings. The fraction of sp³-hybridized carbons (Fsp3) is 0.294. The zero-order chi connectivity index (χ0) is 17.7. The van der Waals surface area contributed by atoms with Crippen LogP contribution in [0.25, 0.3) is 0 Å². The molecule has 6 nitrogen and oxygen atoms in total. The van der Waals surface area contributed by atoms with Crippen LogP contribution in [0.4, 0.5) is 5.00 Å². The molecule has 0 unspecified atom stereocenters. The summed E-state index contributed by atoms with van der Waals surface area (Å²) in [5.41, 5.74) is 0.753. The Bertz CT molecular complexity index is 753. The van der Waals surface area contributed by atoms with Gasteiger partial charge < -0.3 is 19.5 Å². The lowest BCUT2D eigenvalue weighted by Crippen LogP contribution is -2.14. The molecule has 0 fully saturated rings. The van der Waals surface area contributed by atoms with E-state index >= 15 is 0 Å². The van der Waals surface area contributed by atoms with Crippen molar-refractivity contribution in [3.8, 4) is 11.5 Å². The molecule has 1 amide bonds. The molecule has 0 saturated carbocycles. The Balaban J connectivity index is 2.29. The number of aryl methyl sites for hydroxylation is 1. The van der Waals surface area contributed by atoms with Gasteiger partial charge >= 0.3 is 5.97 Å². The van der Waals surface area contributed by atoms with Crippen LogP contribution in [0.3, 0.4) is 0 Å². The van der Waals surface area contributed by atoms with E-state index in [9.17, 15) is 9.59 Å². The van der Waals surface area contributed by atoms with Crippen LogP contribution < -0.4 is 14.8 Å². The molecule has 2 rings (SSSR count). The van der Waals surface area contributed by atoms with Crippen LogP contribution in [0.15, 0.2) is 24.3 Å². The SMILES string of the molecule is CCc1cc(C(=O)OC)c(NC(=O)c2ccc(OC)c(OC)c2)s1. The largest absolute Gasteiger partial charge is 0.493 e. The van der Waals surface area contributed by atoms with Gasteiger partial charge in [-0.15, -0.1) is 11.3 Å². The van der Waals surface area contributed by atoms with Crippen molar-refractivity contribution in [2.75, 3.05) is 26.6 Å². The van der Waals surface area contributed by atoms with E-state index in [-0.39, 0.29) is 5.91 Å². The monoisotopic (exact) mass is 349 g/mol. The summed E-state index contributed by atoms with van der Waals surface area (Å²) in [6.45, 7) is 1.98. The highest BCUT2D eigenvalue weighted by Gasteiger charge is 2.19. The summed E-state index contributed by atoms with van der Waals surface area (Å²) in [4.78, 5) is 25.3. The maximum atomic E-state index is 12.5. The zero-order valence-corrected chi connectivity index (χ0v) is 14.8. The first-order chi connectivity index (χ1) is 11.5. The van der Waals surface area contributed by atoms with Crippen molar-refractivity contribution in [2.24, 2.45) is 0 Å². The quantitative estimate of drug-likeness (QED) is 0.810. The number of rotatable bonds is 6. The van der Waals surface area contributed by atoms with Crippen molar-refractivity contribution >= 4 is 28.2 Å². The number of hydrogen-bond acceptors (Lipinski definition) is 6. The first-order valence-corrected chi connectivity index (χ1v) is 8.10. The lowest BCUT2D eigenvalue weighted by atomic mass is 10.2. The topological polar surface area (TPSA) is 73.9 Å². The fourth-order valence-corrected chi connectivity index (χ4v) is 3.10. The molecule has 0 aliphatic carbocycles. The van der Waals surface area contributed by atoms with Crippen molar-refractivity contribution < 1.29 is 23.8 Å². The second-order valence-electron chi connectivity index (χ2n) is 4.82. The molecule has 24 heavy (non-hydrogen) atoms. The van der Waals surface area contributed by atoms with Gasteiger partial charge in [0, 0.05) is 10.4 Å². The van der Waals surface area contributed by atoms with E-state index in [4.69, 9.17) is 14.2 Å². The van der Waals surface area contributed by atoms with Gasteiger partial charge in [-0.1, -0.05) is 6.92 Å². The van der Waals surface area contributed by atoms with E-state index < -0.39 is 5.97 Å². The smallest absolute Gasteiger partial charge is 0.340 e. The molecular weight excluding hydrogens is 330 g/mol. The summed E-state index contributed by atoms with van der Waals surface area (Å²) in [5.74, 6) is 0.173. The average Bonchev–Trinajstić information content (AvgIpc) is 3.03. The fourth-order valence-electron chi connectivity index (χ4n) is 2.12. The molecule has 128 valence electrons. The van der Waals surface area contributed by atoms with Crippen LogP contribution >= 0.6 is 11.3 Å². The number of hydrogen-bond donors (Lipinski definition) is 1. The van der Waals surface area contributed by atoms with Crippen molar-refractivity contribution in [3.63, 3.8) is 0 Å². The number of carbonyl (C=O) groups excluding carboxylic acids is 2. The molecule has 1 N–H and O–H groups in total. The number of thiophene rings is 1. The number of ether oxygens (including phenoxy) is 3. The second kappa shape index (κ2) is 7.83. The highest BCUT2D eigenvalue weighted by atomic mass is 32.1. The number of methoxy groups -OCH3 is 3. The molecule has 7 heteroatoms. The van der Waals surface area contributed by atoms with E-state index in [2.05, 4.69) is 5.32 Å². The minimum absolute atomic E-state index is 0.342. The second-order valence-corrected chi connectivity index (χ2v) is 5.96. The van der Waals surface area contributed by atoms with Gasteiger partial charge in [0.25, 0.3) is 5.91 Å². The van der Waals surface area contributed by atoms with Gasteiger partial charge in [0.15, 0.2) is 11.5 Å². The van der Waals surface area contributed by atoms with Crippen molar-refractivity contribution in [3.05, 3.63) is 40.3 Å². The third kappa shape index (κ3) is 3.68. The van der Waals surface area contributed by atoms with E-state index in [0.29, 0.717) is 27.6 Å². The number of amides is 1. The maximum Gasteiger partial charge on any atom is 0.340 e. The summed E-state index contributed by atoms with van der Waals surface area (Å²) in [6.07, 6.45) is 0.765. The van der Waals surface area contributed by atoms with E-state index in [1.54, 1.807) is 24.3 Å². The summed E-state index contributed by atoms with van der Waals surface area (Å²) >= 11 is 1.36. The predicted molar refractivity (Wildman–Crippen MR) is 92.5 cm³/mol. The van der Waals surface area contributed by atoms with Crippen LogP contribution in [-0.4, -0.2) is 33.2 Å². The Hall–Kier alpha value is -2.54. The Labute approximate surface area is 144 Å². The van der Waals surface area contributed by atoms with Crippen LogP contribution in [0.5, 0.6) is 11.5 Å². The molecule has 0 radical (unpaired) electrons. The normalized spacial score (nSPS) is 10.2. The van der Waals surface area contributed by atoms with Crippen molar-refractivity contribution in [1.29, 1.82) is 0 Å². The highest BCUT2D eigenvalue weighted by molar-refractivity contribution is 7.16. The molecule has 1 aromatic carbocycles. The molecule has 0 aliphatic heterocycles.